The summed E-state index contributed by atoms with van der Waals surface area (Å²) in [5.74, 6) is 1.02. The van der Waals surface area contributed by atoms with E-state index in [9.17, 15) is 10.1 Å². The number of rotatable bonds is 7. The van der Waals surface area contributed by atoms with E-state index < -0.39 is 0 Å². The van der Waals surface area contributed by atoms with Gasteiger partial charge in [0.15, 0.2) is 0 Å². The molecule has 7 nitrogen and oxygen atoms in total. The quantitative estimate of drug-likeness (QED) is 0.594. The predicted molar refractivity (Wildman–Crippen MR) is 82.3 cm³/mol. The lowest BCUT2D eigenvalue weighted by Gasteiger charge is -2.24. The van der Waals surface area contributed by atoms with Crippen molar-refractivity contribution < 1.29 is 4.92 Å². The topological polar surface area (TPSA) is 99.0 Å². The summed E-state index contributed by atoms with van der Waals surface area (Å²) in [5.41, 5.74) is 6.44. The van der Waals surface area contributed by atoms with Crippen molar-refractivity contribution in [3.05, 3.63) is 15.8 Å². The molecule has 21 heavy (non-hydrogen) atoms. The van der Waals surface area contributed by atoms with Crippen molar-refractivity contribution in [2.24, 2.45) is 11.7 Å². The number of anilines is 1. The molecule has 0 aliphatic heterocycles. The number of hydrogen-bond acceptors (Lipinski definition) is 5. The highest BCUT2D eigenvalue weighted by atomic mass is 16.6. The molecular weight excluding hydrogens is 270 g/mol. The molecule has 0 radical (unpaired) electrons. The molecule has 0 saturated heterocycles. The lowest BCUT2D eigenvalue weighted by atomic mass is 9.98. The zero-order chi connectivity index (χ0) is 15.4. The number of nitro groups is 1. The van der Waals surface area contributed by atoms with Gasteiger partial charge in [-0.2, -0.15) is 5.10 Å². The Kier molecular flexibility index (Phi) is 5.17. The number of nitrogens with two attached hydrogens (primary N) is 1. The first-order chi connectivity index (χ1) is 10.1. The largest absolute Gasteiger partial charge is 0.360 e. The Morgan fingerprint density at radius 2 is 2.19 bits per heavy atom. The van der Waals surface area contributed by atoms with Crippen molar-refractivity contribution in [2.75, 3.05) is 11.9 Å². The van der Waals surface area contributed by atoms with Crippen molar-refractivity contribution in [1.82, 2.24) is 9.78 Å². The maximum absolute atomic E-state index is 11.3. The van der Waals surface area contributed by atoms with Crippen molar-refractivity contribution in [3.63, 3.8) is 0 Å². The zero-order valence-corrected chi connectivity index (χ0v) is 12.8. The maximum Gasteiger partial charge on any atom is 0.333 e. The van der Waals surface area contributed by atoms with Crippen molar-refractivity contribution in [1.29, 1.82) is 0 Å². The van der Waals surface area contributed by atoms with Gasteiger partial charge in [0.1, 0.15) is 5.69 Å². The highest BCUT2D eigenvalue weighted by Gasteiger charge is 2.30. The molecule has 1 unspecified atom stereocenters. The Morgan fingerprint density at radius 1 is 1.52 bits per heavy atom. The molecule has 1 atom stereocenters. The van der Waals surface area contributed by atoms with Crippen LogP contribution in [-0.4, -0.2) is 27.3 Å². The second-order valence-electron chi connectivity index (χ2n) is 5.79. The SMILES string of the molecule is CCCn1nc(C)c([N+](=O)[O-])c1NC(CN)C1CCCC1. The minimum atomic E-state index is -0.348. The first-order valence-corrected chi connectivity index (χ1v) is 7.76. The minimum Gasteiger partial charge on any atom is -0.360 e. The van der Waals surface area contributed by atoms with E-state index in [-0.39, 0.29) is 16.7 Å². The summed E-state index contributed by atoms with van der Waals surface area (Å²) in [6.07, 6.45) is 5.60. The Labute approximate surface area is 125 Å². The van der Waals surface area contributed by atoms with Crippen LogP contribution in [0.2, 0.25) is 0 Å². The summed E-state index contributed by atoms with van der Waals surface area (Å²) >= 11 is 0. The van der Waals surface area contributed by atoms with Gasteiger partial charge in [0.2, 0.25) is 5.82 Å². The summed E-state index contributed by atoms with van der Waals surface area (Å²) < 4.78 is 1.71. The van der Waals surface area contributed by atoms with Gasteiger partial charge in [-0.25, -0.2) is 4.68 Å². The van der Waals surface area contributed by atoms with E-state index in [2.05, 4.69) is 10.4 Å². The van der Waals surface area contributed by atoms with E-state index in [1.807, 2.05) is 6.92 Å². The van der Waals surface area contributed by atoms with Crippen LogP contribution in [0, 0.1) is 23.0 Å². The van der Waals surface area contributed by atoms with E-state index in [4.69, 9.17) is 5.73 Å². The van der Waals surface area contributed by atoms with E-state index in [0.717, 1.165) is 19.3 Å². The molecule has 0 spiro atoms. The predicted octanol–water partition coefficient (Wildman–Crippen LogP) is 2.44. The zero-order valence-electron chi connectivity index (χ0n) is 12.8. The molecule has 0 bridgehead atoms. The third-order valence-electron chi connectivity index (χ3n) is 4.26. The summed E-state index contributed by atoms with van der Waals surface area (Å²) in [5, 5.41) is 19.0. The minimum absolute atomic E-state index is 0.0814. The van der Waals surface area contributed by atoms with Gasteiger partial charge in [-0.05, 0) is 32.1 Å². The van der Waals surface area contributed by atoms with Crippen molar-refractivity contribution >= 4 is 11.5 Å². The number of nitrogens with zero attached hydrogens (tertiary/aromatic N) is 3. The fraction of sp³-hybridized carbons (Fsp3) is 0.786. The van der Waals surface area contributed by atoms with Crippen LogP contribution in [0.25, 0.3) is 0 Å². The highest BCUT2D eigenvalue weighted by molar-refractivity contribution is 5.60. The summed E-state index contributed by atoms with van der Waals surface area (Å²) in [6, 6.07) is 0.0814. The molecule has 1 saturated carbocycles. The highest BCUT2D eigenvalue weighted by Crippen LogP contribution is 2.33. The molecule has 3 N–H and O–H groups in total. The van der Waals surface area contributed by atoms with E-state index >= 15 is 0 Å². The van der Waals surface area contributed by atoms with Gasteiger partial charge in [0, 0.05) is 19.1 Å². The van der Waals surface area contributed by atoms with E-state index in [0.29, 0.717) is 30.5 Å². The van der Waals surface area contributed by atoms with Gasteiger partial charge in [-0.15, -0.1) is 0 Å². The first kappa shape index (κ1) is 15.8. The van der Waals surface area contributed by atoms with Crippen molar-refractivity contribution in [2.45, 2.75) is 58.5 Å². The van der Waals surface area contributed by atoms with Gasteiger partial charge < -0.3 is 11.1 Å². The Balaban J connectivity index is 2.29. The van der Waals surface area contributed by atoms with Crippen molar-refractivity contribution in [3.8, 4) is 0 Å². The van der Waals surface area contributed by atoms with Crippen LogP contribution in [0.1, 0.15) is 44.7 Å². The third kappa shape index (κ3) is 3.34. The van der Waals surface area contributed by atoms with Crippen LogP contribution in [0.5, 0.6) is 0 Å². The number of aromatic nitrogens is 2. The number of hydrogen-bond donors (Lipinski definition) is 2. The van der Waals surface area contributed by atoms with Crippen LogP contribution in [-0.2, 0) is 6.54 Å². The molecule has 1 aromatic heterocycles. The molecule has 1 aromatic rings. The van der Waals surface area contributed by atoms with Gasteiger partial charge in [0.25, 0.3) is 0 Å². The standard InChI is InChI=1S/C14H25N5O2/c1-3-8-18-14(13(19(20)21)10(2)17-18)16-12(9-15)11-6-4-5-7-11/h11-12,16H,3-9,15H2,1-2H3. The smallest absolute Gasteiger partial charge is 0.333 e. The lowest BCUT2D eigenvalue weighted by Crippen LogP contribution is -2.36. The summed E-state index contributed by atoms with van der Waals surface area (Å²) in [4.78, 5) is 11.0. The normalized spacial score (nSPS) is 17.1. The number of nitrogens with one attached hydrogen (secondary N) is 1. The van der Waals surface area contributed by atoms with Crippen LogP contribution in [0.3, 0.4) is 0 Å². The molecule has 118 valence electrons. The van der Waals surface area contributed by atoms with Crippen LogP contribution in [0.4, 0.5) is 11.5 Å². The van der Waals surface area contributed by atoms with Gasteiger partial charge >= 0.3 is 5.69 Å². The second-order valence-corrected chi connectivity index (χ2v) is 5.79. The molecule has 1 heterocycles. The molecular formula is C14H25N5O2. The summed E-state index contributed by atoms with van der Waals surface area (Å²) in [7, 11) is 0. The average molecular weight is 295 g/mol. The molecule has 2 rings (SSSR count). The second kappa shape index (κ2) is 6.89. The molecule has 7 heteroatoms. The molecule has 1 fully saturated rings. The van der Waals surface area contributed by atoms with E-state index in [1.54, 1.807) is 11.6 Å². The Hall–Kier alpha value is -1.63. The van der Waals surface area contributed by atoms with Gasteiger partial charge in [0.05, 0.1) is 4.92 Å². The Bertz CT molecular complexity index is 494. The maximum atomic E-state index is 11.3. The van der Waals surface area contributed by atoms with Crippen LogP contribution < -0.4 is 11.1 Å². The molecule has 1 aliphatic rings. The summed E-state index contributed by atoms with van der Waals surface area (Å²) in [6.45, 7) is 4.86. The van der Waals surface area contributed by atoms with E-state index in [1.165, 1.54) is 12.8 Å². The number of aryl methyl sites for hydroxylation is 2. The van der Waals surface area contributed by atoms with Crippen LogP contribution in [0.15, 0.2) is 0 Å². The fourth-order valence-corrected chi connectivity index (χ4v) is 3.21. The van der Waals surface area contributed by atoms with Gasteiger partial charge in [-0.1, -0.05) is 19.8 Å². The first-order valence-electron chi connectivity index (χ1n) is 7.76. The Morgan fingerprint density at radius 3 is 2.71 bits per heavy atom. The lowest BCUT2D eigenvalue weighted by molar-refractivity contribution is -0.384. The molecule has 0 aromatic carbocycles. The fourth-order valence-electron chi connectivity index (χ4n) is 3.21. The molecule has 1 aliphatic carbocycles. The van der Waals surface area contributed by atoms with Gasteiger partial charge in [-0.3, -0.25) is 10.1 Å². The third-order valence-corrected chi connectivity index (χ3v) is 4.26. The molecule has 0 amide bonds. The monoisotopic (exact) mass is 295 g/mol. The average Bonchev–Trinajstić information content (AvgIpc) is 3.04. The van der Waals surface area contributed by atoms with Crippen LogP contribution >= 0.6 is 0 Å².